The Balaban J connectivity index is 1.33. The van der Waals surface area contributed by atoms with Crippen molar-refractivity contribution in [2.45, 2.75) is 143 Å². The maximum atomic E-state index is 14.7. The van der Waals surface area contributed by atoms with E-state index in [1.54, 1.807) is 13.0 Å². The monoisotopic (exact) mass is 742 g/mol. The van der Waals surface area contributed by atoms with Gasteiger partial charge < -0.3 is 35.0 Å². The number of ether oxygens (including phenoxy) is 2. The van der Waals surface area contributed by atoms with Crippen LogP contribution in [0.3, 0.4) is 0 Å². The lowest BCUT2D eigenvalue weighted by Gasteiger charge is -2.70. The molecular weight excluding hydrogens is 688 g/mol. The minimum atomic E-state index is -4.68. The van der Waals surface area contributed by atoms with Crippen LogP contribution in [0, 0.1) is 50.2 Å². The Morgan fingerprint density at radius 1 is 0.863 bits per heavy atom. The lowest BCUT2D eigenvalue weighted by molar-refractivity contribution is -0.290. The summed E-state index contributed by atoms with van der Waals surface area (Å²) < 4.78 is 49.0. The molecular formula is C36H54O14S. The molecule has 6 rings (SSSR count). The lowest BCUT2D eigenvalue weighted by Crippen LogP contribution is -2.67. The molecule has 15 heteroatoms. The highest BCUT2D eigenvalue weighted by Gasteiger charge is 2.71. The molecule has 0 amide bonds. The summed E-state index contributed by atoms with van der Waals surface area (Å²) in [5, 5.41) is 52.1. The number of carboxylic acids is 1. The molecule has 1 unspecified atom stereocenters. The van der Waals surface area contributed by atoms with Crippen LogP contribution in [0.2, 0.25) is 0 Å². The number of carbonyl (C=O) groups is 3. The third-order valence-electron chi connectivity index (χ3n) is 15.4. The Labute approximate surface area is 298 Å². The predicted molar refractivity (Wildman–Crippen MR) is 178 cm³/mol. The van der Waals surface area contributed by atoms with Crippen molar-refractivity contribution in [2.75, 3.05) is 0 Å². The van der Waals surface area contributed by atoms with Gasteiger partial charge in [-0.05, 0) is 97.9 Å². The Morgan fingerprint density at radius 2 is 1.51 bits per heavy atom. The maximum Gasteiger partial charge on any atom is 0.397 e. The first-order valence-electron chi connectivity index (χ1n) is 18.0. The van der Waals surface area contributed by atoms with Crippen LogP contribution in [0.1, 0.15) is 99.8 Å². The van der Waals surface area contributed by atoms with Gasteiger partial charge in [-0.3, -0.25) is 14.1 Å². The van der Waals surface area contributed by atoms with Gasteiger partial charge in [0.25, 0.3) is 0 Å². The molecule has 0 bridgehead atoms. The molecule has 15 atom stereocenters. The van der Waals surface area contributed by atoms with E-state index in [-0.39, 0.29) is 24.5 Å². The Hall–Kier alpha value is -1.98. The number of allylic oxidation sites excluding steroid dienone is 2. The first-order valence-corrected chi connectivity index (χ1v) is 19.4. The van der Waals surface area contributed by atoms with Crippen molar-refractivity contribution in [3.8, 4) is 0 Å². The molecule has 0 aromatic rings. The van der Waals surface area contributed by atoms with Gasteiger partial charge in [0.05, 0.1) is 17.6 Å². The zero-order valence-corrected chi connectivity index (χ0v) is 31.2. The van der Waals surface area contributed by atoms with Crippen LogP contribution in [0.5, 0.6) is 0 Å². The highest BCUT2D eigenvalue weighted by atomic mass is 32.3. The number of rotatable bonds is 5. The smallest absolute Gasteiger partial charge is 0.397 e. The summed E-state index contributed by atoms with van der Waals surface area (Å²) in [6.45, 7) is 14.0. The van der Waals surface area contributed by atoms with Crippen molar-refractivity contribution >= 4 is 28.1 Å². The molecule has 0 aromatic heterocycles. The minimum Gasteiger partial charge on any atom is -0.479 e. The van der Waals surface area contributed by atoms with E-state index in [1.165, 1.54) is 0 Å². The summed E-state index contributed by atoms with van der Waals surface area (Å²) in [4.78, 5) is 40.2. The summed E-state index contributed by atoms with van der Waals surface area (Å²) in [7, 11) is -4.68. The molecule has 6 aliphatic rings. The van der Waals surface area contributed by atoms with Crippen molar-refractivity contribution in [3.05, 3.63) is 11.6 Å². The molecule has 1 aliphatic heterocycles. The summed E-state index contributed by atoms with van der Waals surface area (Å²) in [5.74, 6) is -3.42. The molecule has 5 fully saturated rings. The Kier molecular flexibility index (Phi) is 9.12. The van der Waals surface area contributed by atoms with Crippen LogP contribution in [0.25, 0.3) is 0 Å². The van der Waals surface area contributed by atoms with Crippen LogP contribution in [-0.4, -0.2) is 99.1 Å². The molecule has 1 heterocycles. The standard InChI is InChI=1S/C36H54O14S/c1-31(2)20-8-11-36(7)27(34(20,5)10-9-22(31)50-51(45,46)47)19(37)14-17-18-15-32(3,16-21(38)33(18,4)12-13-35(17,36)6)30(44)49-29-25(41)23(39)24(40)26(48-29)28(42)43/h14,18,20-27,29,38-41H,8-13,15-16H2,1-7H3,(H,42,43)(H,45,46,47)/t18-,20-,21-,22-,23-,24-,25+,26-,27+,29?,32+,33+,34-,35+,36+/m0/s1. The largest absolute Gasteiger partial charge is 0.479 e. The first-order chi connectivity index (χ1) is 23.3. The van der Waals surface area contributed by atoms with Gasteiger partial charge in [0.2, 0.25) is 6.29 Å². The van der Waals surface area contributed by atoms with Gasteiger partial charge >= 0.3 is 22.3 Å². The number of hydrogen-bond acceptors (Lipinski definition) is 12. The quantitative estimate of drug-likeness (QED) is 0.176. The van der Waals surface area contributed by atoms with Gasteiger partial charge in [-0.15, -0.1) is 0 Å². The fourth-order valence-corrected chi connectivity index (χ4v) is 12.8. The normalized spacial score (nSPS) is 50.8. The molecule has 0 aromatic carbocycles. The second kappa shape index (κ2) is 12.0. The molecule has 51 heavy (non-hydrogen) atoms. The second-order valence-corrected chi connectivity index (χ2v) is 19.4. The van der Waals surface area contributed by atoms with Crippen molar-refractivity contribution in [2.24, 2.45) is 50.2 Å². The van der Waals surface area contributed by atoms with E-state index >= 15 is 0 Å². The van der Waals surface area contributed by atoms with Crippen molar-refractivity contribution in [3.63, 3.8) is 0 Å². The Morgan fingerprint density at radius 3 is 2.12 bits per heavy atom. The number of aliphatic carboxylic acids is 1. The van der Waals surface area contributed by atoms with Gasteiger partial charge in [-0.1, -0.05) is 47.1 Å². The number of hydrogen-bond donors (Lipinski definition) is 6. The number of carbonyl (C=O) groups excluding carboxylic acids is 2. The fourth-order valence-electron chi connectivity index (χ4n) is 12.2. The lowest BCUT2D eigenvalue weighted by atomic mass is 9.33. The van der Waals surface area contributed by atoms with Crippen molar-refractivity contribution < 1.29 is 66.5 Å². The maximum absolute atomic E-state index is 14.7. The number of aliphatic hydroxyl groups is 4. The molecule has 0 radical (unpaired) electrons. The average Bonchev–Trinajstić information content (AvgIpc) is 3.00. The number of esters is 1. The third-order valence-corrected chi connectivity index (χ3v) is 15.8. The van der Waals surface area contributed by atoms with E-state index in [4.69, 9.17) is 13.7 Å². The van der Waals surface area contributed by atoms with Gasteiger partial charge in [0.15, 0.2) is 11.9 Å². The first kappa shape index (κ1) is 38.7. The minimum absolute atomic E-state index is 0.00531. The molecule has 4 saturated carbocycles. The zero-order valence-electron chi connectivity index (χ0n) is 30.4. The van der Waals surface area contributed by atoms with E-state index in [1.807, 2.05) is 20.8 Å². The van der Waals surface area contributed by atoms with E-state index < -0.39 is 110 Å². The summed E-state index contributed by atoms with van der Waals surface area (Å²) >= 11 is 0. The third kappa shape index (κ3) is 5.58. The molecule has 1 saturated heterocycles. The Bertz CT molecular complexity index is 1630. The zero-order chi connectivity index (χ0) is 38.1. The van der Waals surface area contributed by atoms with E-state index in [9.17, 15) is 52.9 Å². The topological polar surface area (TPSA) is 234 Å². The van der Waals surface area contributed by atoms with Crippen LogP contribution in [0.15, 0.2) is 11.6 Å². The van der Waals surface area contributed by atoms with Crippen LogP contribution >= 0.6 is 0 Å². The number of aliphatic hydroxyl groups excluding tert-OH is 4. The highest BCUT2D eigenvalue weighted by molar-refractivity contribution is 7.80. The van der Waals surface area contributed by atoms with Crippen molar-refractivity contribution in [1.82, 2.24) is 0 Å². The summed E-state index contributed by atoms with van der Waals surface area (Å²) in [6, 6.07) is 0. The van der Waals surface area contributed by atoms with Gasteiger partial charge in [-0.2, -0.15) is 8.42 Å². The van der Waals surface area contributed by atoms with Crippen LogP contribution < -0.4 is 0 Å². The average molecular weight is 743 g/mol. The van der Waals surface area contributed by atoms with Gasteiger partial charge in [-0.25, -0.2) is 8.98 Å². The number of carboxylic acid groups (broad SMARTS) is 1. The molecule has 14 nitrogen and oxygen atoms in total. The second-order valence-electron chi connectivity index (χ2n) is 18.3. The molecule has 0 spiro atoms. The predicted octanol–water partition coefficient (Wildman–Crippen LogP) is 2.56. The summed E-state index contributed by atoms with van der Waals surface area (Å²) in [5.41, 5.74) is -3.35. The molecule has 288 valence electrons. The van der Waals surface area contributed by atoms with E-state index in [2.05, 4.69) is 20.8 Å². The fraction of sp³-hybridized carbons (Fsp3) is 0.861. The van der Waals surface area contributed by atoms with Gasteiger partial charge in [0, 0.05) is 11.3 Å². The van der Waals surface area contributed by atoms with Crippen LogP contribution in [-0.2, 0) is 38.4 Å². The molecule has 6 N–H and O–H groups in total. The van der Waals surface area contributed by atoms with E-state index in [0.717, 1.165) is 5.57 Å². The summed E-state index contributed by atoms with van der Waals surface area (Å²) in [6.07, 6.45) is -5.90. The van der Waals surface area contributed by atoms with Crippen molar-refractivity contribution in [1.29, 1.82) is 0 Å². The number of fused-ring (bicyclic) bond motifs is 7. The van der Waals surface area contributed by atoms with Crippen LogP contribution in [0.4, 0.5) is 0 Å². The molecule has 5 aliphatic carbocycles. The number of ketones is 1. The van der Waals surface area contributed by atoms with Gasteiger partial charge in [0.1, 0.15) is 18.3 Å². The SMILES string of the molecule is CC1(C)[C@@H](OS(=O)(=O)O)CC[C@]2(C)[C@H]3C(=O)C=C4[C@@H]5C[C@@](C)(C(=O)OC6O[C@H](C(=O)O)[C@@H](O)[C@H](O)[C@H]6O)C[C@H](O)[C@]5(C)CC[C@@]4(C)[C@]3(C)CC[C@@H]12. The van der Waals surface area contributed by atoms with E-state index in [0.29, 0.717) is 38.5 Å². The highest BCUT2D eigenvalue weighted by Crippen LogP contribution is 2.75.